The Balaban J connectivity index is 1.84. The molecule has 0 bridgehead atoms. The van der Waals surface area contributed by atoms with E-state index in [4.69, 9.17) is 9.47 Å². The maximum Gasteiger partial charge on any atom is 0.249 e. The minimum Gasteiger partial charge on any atom is -0.497 e. The molecule has 0 radical (unpaired) electrons. The molecule has 0 fully saturated rings. The predicted molar refractivity (Wildman–Crippen MR) is 80.5 cm³/mol. The van der Waals surface area contributed by atoms with Gasteiger partial charge in [-0.1, -0.05) is 0 Å². The minimum atomic E-state index is -0.765. The summed E-state index contributed by atoms with van der Waals surface area (Å²) in [5.41, 5.74) is 0.499. The van der Waals surface area contributed by atoms with Gasteiger partial charge < -0.3 is 14.8 Å². The number of fused-ring (bicyclic) bond motifs is 1. The molecule has 0 spiro atoms. The summed E-state index contributed by atoms with van der Waals surface area (Å²) in [6.45, 7) is 0. The summed E-state index contributed by atoms with van der Waals surface area (Å²) in [4.78, 5) is 28.1. The van der Waals surface area contributed by atoms with Crippen LogP contribution in [0.4, 0.5) is 11.6 Å². The number of carbonyl (C=O) groups excluding carboxylic acids is 2. The molecule has 2 heterocycles. The van der Waals surface area contributed by atoms with E-state index in [1.165, 1.54) is 25.2 Å². The molecule has 0 saturated carbocycles. The molecule has 2 N–H and O–H groups in total. The Morgan fingerprint density at radius 2 is 2.00 bits per heavy atom. The van der Waals surface area contributed by atoms with Crippen LogP contribution >= 0.6 is 0 Å². The monoisotopic (exact) mass is 317 g/mol. The molecular formula is C14H15N5O4. The van der Waals surface area contributed by atoms with E-state index in [1.54, 1.807) is 18.2 Å². The summed E-state index contributed by atoms with van der Waals surface area (Å²) >= 11 is 0. The molecule has 1 aliphatic heterocycles. The van der Waals surface area contributed by atoms with Crippen molar-refractivity contribution in [3.8, 4) is 11.5 Å². The first-order valence-corrected chi connectivity index (χ1v) is 6.84. The first-order chi connectivity index (χ1) is 11.1. The van der Waals surface area contributed by atoms with E-state index in [1.807, 2.05) is 0 Å². The summed E-state index contributed by atoms with van der Waals surface area (Å²) in [7, 11) is 3.04. The summed E-state index contributed by atoms with van der Waals surface area (Å²) in [6, 6.07) is 4.24. The Morgan fingerprint density at radius 3 is 2.65 bits per heavy atom. The molecule has 120 valence electrons. The standard InChI is InChI=1S/C14H15N5O4/c1-22-9-3-8(4-10(5-9)23-2)17-13(21)11-6-12(20)18-14-15-7-16-19(11)14/h3-5,7,11H,6H2,1-2H3,(H,17,21)(H,15,16,18,20)/t11-/m1/s1. The average molecular weight is 317 g/mol. The molecule has 3 rings (SSSR count). The number of methoxy groups -OCH3 is 2. The molecule has 2 amide bonds. The van der Waals surface area contributed by atoms with Gasteiger partial charge in [0.05, 0.1) is 20.6 Å². The maximum atomic E-state index is 12.5. The number of aromatic nitrogens is 3. The van der Waals surface area contributed by atoms with Crippen LogP contribution < -0.4 is 20.1 Å². The van der Waals surface area contributed by atoms with Crippen LogP contribution in [0, 0.1) is 0 Å². The SMILES string of the molecule is COc1cc(NC(=O)[C@H]2CC(=O)Nc3ncnn32)cc(OC)c1. The van der Waals surface area contributed by atoms with Crippen molar-refractivity contribution in [1.82, 2.24) is 14.8 Å². The van der Waals surface area contributed by atoms with Crippen molar-refractivity contribution in [2.75, 3.05) is 24.9 Å². The fraction of sp³-hybridized carbons (Fsp3) is 0.286. The van der Waals surface area contributed by atoms with Crippen LogP contribution in [0.3, 0.4) is 0 Å². The molecule has 1 aromatic heterocycles. The van der Waals surface area contributed by atoms with Gasteiger partial charge in [0, 0.05) is 23.9 Å². The fourth-order valence-corrected chi connectivity index (χ4v) is 2.31. The van der Waals surface area contributed by atoms with Gasteiger partial charge in [0.25, 0.3) is 0 Å². The molecule has 0 aliphatic carbocycles. The number of hydrogen-bond acceptors (Lipinski definition) is 6. The van der Waals surface area contributed by atoms with Crippen molar-refractivity contribution < 1.29 is 19.1 Å². The molecule has 1 aromatic carbocycles. The quantitative estimate of drug-likeness (QED) is 0.864. The fourth-order valence-electron chi connectivity index (χ4n) is 2.31. The molecule has 0 unspecified atom stereocenters. The molecule has 2 aromatic rings. The number of amides is 2. The van der Waals surface area contributed by atoms with Crippen molar-refractivity contribution in [2.24, 2.45) is 0 Å². The highest BCUT2D eigenvalue weighted by Crippen LogP contribution is 2.28. The van der Waals surface area contributed by atoms with Crippen LogP contribution in [-0.2, 0) is 9.59 Å². The number of nitrogens with one attached hydrogen (secondary N) is 2. The maximum absolute atomic E-state index is 12.5. The second-order valence-corrected chi connectivity index (χ2v) is 4.89. The summed E-state index contributed by atoms with van der Waals surface area (Å²) in [6.07, 6.45) is 1.28. The molecule has 1 atom stereocenters. The molecule has 0 saturated heterocycles. The van der Waals surface area contributed by atoms with E-state index in [2.05, 4.69) is 20.7 Å². The summed E-state index contributed by atoms with van der Waals surface area (Å²) < 4.78 is 11.7. The van der Waals surface area contributed by atoms with Gasteiger partial charge in [-0.2, -0.15) is 10.1 Å². The highest BCUT2D eigenvalue weighted by atomic mass is 16.5. The lowest BCUT2D eigenvalue weighted by molar-refractivity contribution is -0.125. The third-order valence-corrected chi connectivity index (χ3v) is 3.42. The van der Waals surface area contributed by atoms with Gasteiger partial charge in [-0.15, -0.1) is 0 Å². The number of anilines is 2. The number of nitrogens with zero attached hydrogens (tertiary/aromatic N) is 3. The second kappa shape index (κ2) is 5.95. The van der Waals surface area contributed by atoms with Gasteiger partial charge in [0.2, 0.25) is 17.8 Å². The Morgan fingerprint density at radius 1 is 1.30 bits per heavy atom. The Bertz CT molecular complexity index is 735. The minimum absolute atomic E-state index is 0.0106. The summed E-state index contributed by atoms with van der Waals surface area (Å²) in [5, 5.41) is 9.28. The molecular weight excluding hydrogens is 302 g/mol. The average Bonchev–Trinajstić information content (AvgIpc) is 3.01. The van der Waals surface area contributed by atoms with Gasteiger partial charge in [0.1, 0.15) is 23.9 Å². The summed E-state index contributed by atoms with van der Waals surface area (Å²) in [5.74, 6) is 0.686. The zero-order chi connectivity index (χ0) is 16.4. The first kappa shape index (κ1) is 14.8. The van der Waals surface area contributed by atoms with E-state index in [0.29, 0.717) is 17.2 Å². The number of benzene rings is 1. The van der Waals surface area contributed by atoms with Crippen molar-refractivity contribution in [1.29, 1.82) is 0 Å². The van der Waals surface area contributed by atoms with Gasteiger partial charge in [-0.05, 0) is 0 Å². The van der Waals surface area contributed by atoms with Crippen LogP contribution in [0.2, 0.25) is 0 Å². The Kier molecular flexibility index (Phi) is 3.83. The van der Waals surface area contributed by atoms with E-state index in [0.717, 1.165) is 0 Å². The lowest BCUT2D eigenvalue weighted by atomic mass is 10.1. The van der Waals surface area contributed by atoms with Crippen molar-refractivity contribution in [3.05, 3.63) is 24.5 Å². The van der Waals surface area contributed by atoms with Crippen molar-refractivity contribution in [3.63, 3.8) is 0 Å². The highest BCUT2D eigenvalue weighted by Gasteiger charge is 2.32. The van der Waals surface area contributed by atoms with Crippen LogP contribution in [-0.4, -0.2) is 40.8 Å². The lowest BCUT2D eigenvalue weighted by Crippen LogP contribution is -2.36. The van der Waals surface area contributed by atoms with Crippen LogP contribution in [0.25, 0.3) is 0 Å². The zero-order valence-corrected chi connectivity index (χ0v) is 12.6. The van der Waals surface area contributed by atoms with E-state index in [9.17, 15) is 9.59 Å². The van der Waals surface area contributed by atoms with Crippen LogP contribution in [0.1, 0.15) is 12.5 Å². The van der Waals surface area contributed by atoms with Crippen molar-refractivity contribution in [2.45, 2.75) is 12.5 Å². The number of rotatable bonds is 4. The molecule has 9 nitrogen and oxygen atoms in total. The Labute approximate surface area is 131 Å². The van der Waals surface area contributed by atoms with Gasteiger partial charge in [-0.25, -0.2) is 4.68 Å². The highest BCUT2D eigenvalue weighted by molar-refractivity contribution is 6.00. The van der Waals surface area contributed by atoms with Crippen LogP contribution in [0.5, 0.6) is 11.5 Å². The largest absolute Gasteiger partial charge is 0.497 e. The van der Waals surface area contributed by atoms with Gasteiger partial charge >= 0.3 is 0 Å². The van der Waals surface area contributed by atoms with Gasteiger partial charge in [-0.3, -0.25) is 14.9 Å². The topological polar surface area (TPSA) is 107 Å². The third kappa shape index (κ3) is 2.93. The molecule has 23 heavy (non-hydrogen) atoms. The lowest BCUT2D eigenvalue weighted by Gasteiger charge is -2.22. The van der Waals surface area contributed by atoms with Crippen molar-refractivity contribution >= 4 is 23.5 Å². The normalized spacial score (nSPS) is 16.3. The number of hydrogen-bond donors (Lipinski definition) is 2. The smallest absolute Gasteiger partial charge is 0.249 e. The number of ether oxygens (including phenoxy) is 2. The predicted octanol–water partition coefficient (Wildman–Crippen LogP) is 0.817. The van der Waals surface area contributed by atoms with E-state index < -0.39 is 6.04 Å². The molecule has 9 heteroatoms. The van der Waals surface area contributed by atoms with Crippen LogP contribution in [0.15, 0.2) is 24.5 Å². The Hall–Kier alpha value is -3.10. The number of carbonyl (C=O) groups is 2. The first-order valence-electron chi connectivity index (χ1n) is 6.84. The van der Waals surface area contributed by atoms with E-state index in [-0.39, 0.29) is 24.2 Å². The van der Waals surface area contributed by atoms with Gasteiger partial charge in [0.15, 0.2) is 0 Å². The second-order valence-electron chi connectivity index (χ2n) is 4.89. The zero-order valence-electron chi connectivity index (χ0n) is 12.6. The third-order valence-electron chi connectivity index (χ3n) is 3.42. The molecule has 1 aliphatic rings. The van der Waals surface area contributed by atoms with E-state index >= 15 is 0 Å².